The normalized spacial score (nSPS) is 29.8. The number of carbonyl (C=O) groups excluding carboxylic acids is 3. The average Bonchev–Trinajstić information content (AvgIpc) is 3.05. The zero-order chi connectivity index (χ0) is 29.8. The van der Waals surface area contributed by atoms with Crippen LogP contribution in [0, 0.1) is 0 Å². The molecule has 0 spiro atoms. The number of esters is 3. The van der Waals surface area contributed by atoms with Crippen molar-refractivity contribution >= 4 is 17.9 Å². The number of hydrogen-bond donors (Lipinski definition) is 1. The first kappa shape index (κ1) is 29.0. The summed E-state index contributed by atoms with van der Waals surface area (Å²) in [7, 11) is 0. The van der Waals surface area contributed by atoms with Gasteiger partial charge in [0.05, 0.1) is 28.9 Å². The van der Waals surface area contributed by atoms with Crippen molar-refractivity contribution in [3.05, 3.63) is 108 Å². The highest BCUT2D eigenvalue weighted by Crippen LogP contribution is 2.44. The minimum absolute atomic E-state index is 0.210. The van der Waals surface area contributed by atoms with Gasteiger partial charge in [-0.25, -0.2) is 14.4 Å². The number of benzene rings is 3. The lowest BCUT2D eigenvalue weighted by Crippen LogP contribution is -2.74. The maximum absolute atomic E-state index is 13.4. The van der Waals surface area contributed by atoms with E-state index in [0.29, 0.717) is 18.4 Å². The molecule has 0 unspecified atom stereocenters. The molecular weight excluding hydrogens is 556 g/mol. The summed E-state index contributed by atoms with van der Waals surface area (Å²) in [6, 6.07) is 24.8. The second-order valence-corrected chi connectivity index (χ2v) is 10.8. The molecule has 10 heteroatoms. The van der Waals surface area contributed by atoms with Gasteiger partial charge in [-0.05, 0) is 49.2 Å². The fourth-order valence-corrected chi connectivity index (χ4v) is 5.67. The lowest BCUT2D eigenvalue weighted by molar-refractivity contribution is -0.464. The molecule has 0 bridgehead atoms. The van der Waals surface area contributed by atoms with E-state index in [4.69, 9.17) is 28.4 Å². The number of carbonyl (C=O) groups is 3. The quantitative estimate of drug-likeness (QED) is 0.319. The van der Waals surface area contributed by atoms with Gasteiger partial charge in [-0.3, -0.25) is 0 Å². The van der Waals surface area contributed by atoms with Crippen LogP contribution < -0.4 is 0 Å². The maximum atomic E-state index is 13.4. The molecule has 2 heterocycles. The Balaban J connectivity index is 1.35. The Morgan fingerprint density at radius 3 is 1.79 bits per heavy atom. The Morgan fingerprint density at radius 1 is 0.698 bits per heavy atom. The van der Waals surface area contributed by atoms with Crippen molar-refractivity contribution in [3.8, 4) is 0 Å². The molecule has 3 aromatic rings. The molecule has 3 fully saturated rings. The standard InChI is InChI=1S/C33H32O10/c34-29(21-12-4-1-5-13-21)38-20-26-27(41-30(35)22-14-6-2-7-15-22)28(42-31(36)23-16-8-3-9-17-23)33(37)32(40-26)39-24-18-10-11-19-25(24)43-33/h1-9,12-17,24-28,32,37H,10-11,18-20H2/t24-,25+,26+,27+,28-,32+,33-/m0/s1. The van der Waals surface area contributed by atoms with Gasteiger partial charge in [0.1, 0.15) is 12.7 Å². The monoisotopic (exact) mass is 588 g/mol. The maximum Gasteiger partial charge on any atom is 0.338 e. The van der Waals surface area contributed by atoms with Gasteiger partial charge in [-0.1, -0.05) is 67.4 Å². The van der Waals surface area contributed by atoms with Crippen LogP contribution in [0.4, 0.5) is 0 Å². The summed E-state index contributed by atoms with van der Waals surface area (Å²) in [5.74, 6) is -4.51. The number of rotatable bonds is 7. The first-order chi connectivity index (χ1) is 20.9. The molecule has 6 rings (SSSR count). The molecule has 0 aromatic heterocycles. The van der Waals surface area contributed by atoms with Crippen LogP contribution >= 0.6 is 0 Å². The van der Waals surface area contributed by atoms with Crippen molar-refractivity contribution in [2.24, 2.45) is 0 Å². The SMILES string of the molecule is O=C(OC[C@H]1O[C@H]2O[C@H]3CCCC[C@H]3O[C@@]2(O)[C@@H](OC(=O)c2ccccc2)[C@@H]1OC(=O)c1ccccc1)c1ccccc1. The van der Waals surface area contributed by atoms with Crippen molar-refractivity contribution in [2.45, 2.75) is 68.3 Å². The van der Waals surface area contributed by atoms with E-state index in [1.807, 2.05) is 0 Å². The summed E-state index contributed by atoms with van der Waals surface area (Å²) in [5, 5.41) is 12.1. The molecule has 1 saturated carbocycles. The van der Waals surface area contributed by atoms with Crippen LogP contribution in [0.1, 0.15) is 56.8 Å². The van der Waals surface area contributed by atoms with E-state index in [1.54, 1.807) is 91.0 Å². The summed E-state index contributed by atoms with van der Waals surface area (Å²) >= 11 is 0. The van der Waals surface area contributed by atoms with Crippen LogP contribution in [-0.2, 0) is 28.4 Å². The van der Waals surface area contributed by atoms with Crippen LogP contribution in [0.5, 0.6) is 0 Å². The van der Waals surface area contributed by atoms with Crippen molar-refractivity contribution < 1.29 is 47.9 Å². The number of aliphatic hydroxyl groups is 1. The molecule has 0 amide bonds. The first-order valence-corrected chi connectivity index (χ1v) is 14.4. The van der Waals surface area contributed by atoms with Crippen LogP contribution in [0.3, 0.4) is 0 Å². The van der Waals surface area contributed by atoms with Gasteiger partial charge in [0, 0.05) is 0 Å². The molecule has 1 aliphatic carbocycles. The van der Waals surface area contributed by atoms with E-state index >= 15 is 0 Å². The van der Waals surface area contributed by atoms with E-state index in [0.717, 1.165) is 12.8 Å². The van der Waals surface area contributed by atoms with Crippen molar-refractivity contribution in [3.63, 3.8) is 0 Å². The molecular formula is C33H32O10. The molecule has 43 heavy (non-hydrogen) atoms. The average molecular weight is 589 g/mol. The summed E-state index contributed by atoms with van der Waals surface area (Å²) in [6.07, 6.45) is -3.43. The van der Waals surface area contributed by atoms with E-state index in [2.05, 4.69) is 0 Å². The molecule has 1 N–H and O–H groups in total. The fraction of sp³-hybridized carbons (Fsp3) is 0.364. The lowest BCUT2D eigenvalue weighted by atomic mass is 9.89. The minimum Gasteiger partial charge on any atom is -0.459 e. The lowest BCUT2D eigenvalue weighted by Gasteiger charge is -2.55. The van der Waals surface area contributed by atoms with Gasteiger partial charge in [0.2, 0.25) is 12.4 Å². The predicted molar refractivity (Wildman–Crippen MR) is 150 cm³/mol. The van der Waals surface area contributed by atoms with E-state index in [9.17, 15) is 19.5 Å². The molecule has 2 aliphatic heterocycles. The largest absolute Gasteiger partial charge is 0.459 e. The predicted octanol–water partition coefficient (Wildman–Crippen LogP) is 4.07. The van der Waals surface area contributed by atoms with Crippen LogP contribution in [-0.4, -0.2) is 72.2 Å². The highest BCUT2D eigenvalue weighted by atomic mass is 16.8. The molecule has 224 valence electrons. The second-order valence-electron chi connectivity index (χ2n) is 10.8. The van der Waals surface area contributed by atoms with Gasteiger partial charge >= 0.3 is 17.9 Å². The third-order valence-corrected chi connectivity index (χ3v) is 7.87. The van der Waals surface area contributed by atoms with E-state index < -0.39 is 61.0 Å². The summed E-state index contributed by atoms with van der Waals surface area (Å²) in [4.78, 5) is 39.5. The third kappa shape index (κ3) is 6.18. The summed E-state index contributed by atoms with van der Waals surface area (Å²) < 4.78 is 36.0. The van der Waals surface area contributed by atoms with Crippen LogP contribution in [0.25, 0.3) is 0 Å². The zero-order valence-electron chi connectivity index (χ0n) is 23.3. The van der Waals surface area contributed by atoms with E-state index in [-0.39, 0.29) is 17.2 Å². The number of fused-ring (bicyclic) bond motifs is 2. The van der Waals surface area contributed by atoms with Gasteiger partial charge < -0.3 is 33.5 Å². The summed E-state index contributed by atoms with van der Waals surface area (Å²) in [6.45, 7) is -0.399. The molecule has 2 saturated heterocycles. The molecule has 10 nitrogen and oxygen atoms in total. The molecule has 3 aromatic carbocycles. The highest BCUT2D eigenvalue weighted by Gasteiger charge is 2.65. The zero-order valence-corrected chi connectivity index (χ0v) is 23.3. The van der Waals surface area contributed by atoms with Crippen LogP contribution in [0.2, 0.25) is 0 Å². The van der Waals surface area contributed by atoms with Crippen molar-refractivity contribution in [1.29, 1.82) is 0 Å². The second kappa shape index (κ2) is 12.6. The topological polar surface area (TPSA) is 127 Å². The van der Waals surface area contributed by atoms with Gasteiger partial charge in [0.15, 0.2) is 6.10 Å². The summed E-state index contributed by atoms with van der Waals surface area (Å²) in [5.41, 5.74) is 0.738. The van der Waals surface area contributed by atoms with Crippen LogP contribution in [0.15, 0.2) is 91.0 Å². The first-order valence-electron chi connectivity index (χ1n) is 14.4. The fourth-order valence-electron chi connectivity index (χ4n) is 5.67. The highest BCUT2D eigenvalue weighted by molar-refractivity contribution is 5.91. The molecule has 0 radical (unpaired) electrons. The van der Waals surface area contributed by atoms with Gasteiger partial charge in [0.25, 0.3) is 5.79 Å². The Kier molecular flexibility index (Phi) is 8.53. The molecule has 3 aliphatic rings. The minimum atomic E-state index is -2.33. The Morgan fingerprint density at radius 2 is 1.21 bits per heavy atom. The number of hydrogen-bond acceptors (Lipinski definition) is 10. The third-order valence-electron chi connectivity index (χ3n) is 7.87. The van der Waals surface area contributed by atoms with Gasteiger partial charge in [-0.2, -0.15) is 0 Å². The Bertz CT molecular complexity index is 1420. The smallest absolute Gasteiger partial charge is 0.338 e. The van der Waals surface area contributed by atoms with Crippen molar-refractivity contribution in [2.75, 3.05) is 6.61 Å². The van der Waals surface area contributed by atoms with Gasteiger partial charge in [-0.15, -0.1) is 0 Å². The Hall–Kier alpha value is -4.09. The molecule has 7 atom stereocenters. The van der Waals surface area contributed by atoms with Crippen molar-refractivity contribution in [1.82, 2.24) is 0 Å². The number of ether oxygens (including phenoxy) is 6. The van der Waals surface area contributed by atoms with E-state index in [1.165, 1.54) is 0 Å². The Labute approximate surface area is 248 Å².